The molecule has 2 aliphatic heterocycles. The quantitative estimate of drug-likeness (QED) is 0.676. The van der Waals surface area contributed by atoms with Gasteiger partial charge in [-0.3, -0.25) is 4.79 Å². The Morgan fingerprint density at radius 3 is 2.77 bits per heavy atom. The number of methoxy groups -OCH3 is 1. The number of esters is 2. The minimum Gasteiger partial charge on any atom is -0.505 e. The van der Waals surface area contributed by atoms with E-state index >= 15 is 0 Å². The predicted molar refractivity (Wildman–Crippen MR) is 71.6 cm³/mol. The third-order valence-corrected chi connectivity index (χ3v) is 3.95. The Kier molecular flexibility index (Phi) is 2.89. The smallest absolute Gasteiger partial charge is 0.342 e. The van der Waals surface area contributed by atoms with Gasteiger partial charge < -0.3 is 24.3 Å². The number of carbonyl (C=O) groups excluding carboxylic acids is 2. The van der Waals surface area contributed by atoms with Crippen LogP contribution >= 0.6 is 0 Å². The van der Waals surface area contributed by atoms with Crippen LogP contribution in [-0.2, 0) is 37.8 Å². The normalized spacial score (nSPS) is 23.0. The standard InChI is InChI=1S/C14H13NO7/c1-14(20)8-3-9-10(16)6(12(18)21-2)4-15(9)11(17)7(8)5-22-13(14)19/h3,16,20H,4-5H2,1-2H3. The summed E-state index contributed by atoms with van der Waals surface area (Å²) in [5.41, 5.74) is -2.35. The van der Waals surface area contributed by atoms with Gasteiger partial charge in [0.25, 0.3) is 5.56 Å². The first-order chi connectivity index (χ1) is 10.3. The second-order valence-electron chi connectivity index (χ2n) is 5.28. The Balaban J connectivity index is 2.25. The lowest BCUT2D eigenvalue weighted by Gasteiger charge is -2.29. The Hall–Kier alpha value is -2.61. The maximum absolute atomic E-state index is 12.5. The third kappa shape index (κ3) is 1.70. The SMILES string of the molecule is COC(=O)C1=C(O)c2cc3c(c(=O)n2C1)COC(=O)C3(C)O. The molecule has 0 saturated heterocycles. The number of nitrogens with zero attached hydrogens (tertiary/aromatic N) is 1. The van der Waals surface area contributed by atoms with Crippen molar-refractivity contribution in [1.82, 2.24) is 4.57 Å². The fraction of sp³-hybridized carbons (Fsp3) is 0.357. The molecule has 8 heteroatoms. The average molecular weight is 307 g/mol. The summed E-state index contributed by atoms with van der Waals surface area (Å²) in [4.78, 5) is 35.8. The van der Waals surface area contributed by atoms with Crippen LogP contribution < -0.4 is 5.56 Å². The van der Waals surface area contributed by atoms with Crippen LogP contribution in [0.2, 0.25) is 0 Å². The zero-order valence-electron chi connectivity index (χ0n) is 11.9. The van der Waals surface area contributed by atoms with Crippen LogP contribution in [0.25, 0.3) is 5.76 Å². The highest BCUT2D eigenvalue weighted by Gasteiger charge is 2.43. The zero-order chi connectivity index (χ0) is 16.2. The van der Waals surface area contributed by atoms with Gasteiger partial charge in [-0.15, -0.1) is 0 Å². The molecule has 3 rings (SSSR count). The van der Waals surface area contributed by atoms with Crippen LogP contribution in [0.5, 0.6) is 0 Å². The summed E-state index contributed by atoms with van der Waals surface area (Å²) in [5, 5.41) is 20.4. The second-order valence-corrected chi connectivity index (χ2v) is 5.28. The molecule has 2 aliphatic rings. The minimum atomic E-state index is -1.99. The number of aliphatic hydroxyl groups is 2. The number of carbonyl (C=O) groups is 2. The van der Waals surface area contributed by atoms with Gasteiger partial charge >= 0.3 is 11.9 Å². The molecule has 1 atom stereocenters. The number of hydrogen-bond acceptors (Lipinski definition) is 7. The fourth-order valence-corrected chi connectivity index (χ4v) is 2.68. The van der Waals surface area contributed by atoms with E-state index < -0.39 is 28.9 Å². The number of hydrogen-bond donors (Lipinski definition) is 2. The molecule has 0 aliphatic carbocycles. The van der Waals surface area contributed by atoms with E-state index in [0.717, 1.165) is 7.11 Å². The van der Waals surface area contributed by atoms with E-state index in [4.69, 9.17) is 4.74 Å². The van der Waals surface area contributed by atoms with Crippen LogP contribution in [0.3, 0.4) is 0 Å². The van der Waals surface area contributed by atoms with E-state index in [1.165, 1.54) is 17.6 Å². The highest BCUT2D eigenvalue weighted by atomic mass is 16.6. The third-order valence-electron chi connectivity index (χ3n) is 3.95. The minimum absolute atomic E-state index is 0.0547. The van der Waals surface area contributed by atoms with Crippen LogP contribution in [0.1, 0.15) is 23.7 Å². The van der Waals surface area contributed by atoms with Gasteiger partial charge in [0.1, 0.15) is 12.2 Å². The molecule has 0 spiro atoms. The van der Waals surface area contributed by atoms with E-state index in [0.29, 0.717) is 0 Å². The molecule has 22 heavy (non-hydrogen) atoms. The Labute approximate surface area is 124 Å². The molecule has 116 valence electrons. The van der Waals surface area contributed by atoms with Gasteiger partial charge in [-0.2, -0.15) is 0 Å². The zero-order valence-corrected chi connectivity index (χ0v) is 11.9. The predicted octanol–water partition coefficient (Wildman–Crippen LogP) is -0.432. The molecule has 1 aromatic heterocycles. The molecule has 2 N–H and O–H groups in total. The molecule has 8 nitrogen and oxygen atoms in total. The monoisotopic (exact) mass is 307 g/mol. The molecule has 1 unspecified atom stereocenters. The molecule has 0 saturated carbocycles. The highest BCUT2D eigenvalue weighted by molar-refractivity contribution is 5.97. The van der Waals surface area contributed by atoms with E-state index in [2.05, 4.69) is 4.74 Å². The summed E-state index contributed by atoms with van der Waals surface area (Å²) in [6, 6.07) is 1.32. The van der Waals surface area contributed by atoms with E-state index in [1.54, 1.807) is 0 Å². The summed E-state index contributed by atoms with van der Waals surface area (Å²) in [6.45, 7) is 0.800. The topological polar surface area (TPSA) is 115 Å². The van der Waals surface area contributed by atoms with Crippen molar-refractivity contribution in [2.24, 2.45) is 0 Å². The van der Waals surface area contributed by atoms with Crippen molar-refractivity contribution in [2.45, 2.75) is 25.7 Å². The van der Waals surface area contributed by atoms with Gasteiger partial charge in [0, 0.05) is 5.56 Å². The molecule has 0 amide bonds. The van der Waals surface area contributed by atoms with Gasteiger partial charge in [0.05, 0.1) is 24.9 Å². The lowest BCUT2D eigenvalue weighted by molar-refractivity contribution is -0.169. The number of aliphatic hydroxyl groups excluding tert-OH is 1. The Morgan fingerprint density at radius 1 is 1.45 bits per heavy atom. The molecular formula is C14H13NO7. The van der Waals surface area contributed by atoms with Crippen LogP contribution in [0, 0.1) is 0 Å². The number of pyridine rings is 1. The Bertz CT molecular complexity index is 800. The number of aromatic nitrogens is 1. The first-order valence-electron chi connectivity index (χ1n) is 6.46. The lowest BCUT2D eigenvalue weighted by atomic mass is 9.90. The maximum atomic E-state index is 12.5. The van der Waals surface area contributed by atoms with E-state index in [-0.39, 0.29) is 35.5 Å². The van der Waals surface area contributed by atoms with Crippen molar-refractivity contribution in [3.63, 3.8) is 0 Å². The summed E-state index contributed by atoms with van der Waals surface area (Å²) >= 11 is 0. The van der Waals surface area contributed by atoms with Crippen molar-refractivity contribution >= 4 is 17.7 Å². The summed E-state index contributed by atoms with van der Waals surface area (Å²) in [6.07, 6.45) is 0. The van der Waals surface area contributed by atoms with Crippen molar-refractivity contribution < 1.29 is 29.3 Å². The molecule has 0 fully saturated rings. The summed E-state index contributed by atoms with van der Waals surface area (Å²) in [7, 11) is 1.16. The average Bonchev–Trinajstić information content (AvgIpc) is 2.81. The van der Waals surface area contributed by atoms with Crippen molar-refractivity contribution in [3.8, 4) is 0 Å². The van der Waals surface area contributed by atoms with Gasteiger partial charge in [-0.25, -0.2) is 9.59 Å². The van der Waals surface area contributed by atoms with E-state index in [9.17, 15) is 24.6 Å². The lowest BCUT2D eigenvalue weighted by Crippen LogP contribution is -2.43. The molecular weight excluding hydrogens is 294 g/mol. The van der Waals surface area contributed by atoms with Crippen LogP contribution in [0.4, 0.5) is 0 Å². The van der Waals surface area contributed by atoms with Crippen molar-refractivity contribution in [1.29, 1.82) is 0 Å². The fourth-order valence-electron chi connectivity index (χ4n) is 2.68. The van der Waals surface area contributed by atoms with Crippen LogP contribution in [0.15, 0.2) is 16.4 Å². The van der Waals surface area contributed by atoms with Gasteiger partial charge in [-0.1, -0.05) is 0 Å². The molecule has 0 radical (unpaired) electrons. The molecule has 1 aromatic rings. The highest BCUT2D eigenvalue weighted by Crippen LogP contribution is 2.34. The first kappa shape index (κ1) is 14.3. The summed E-state index contributed by atoms with van der Waals surface area (Å²) < 4.78 is 10.5. The first-order valence-corrected chi connectivity index (χ1v) is 6.46. The maximum Gasteiger partial charge on any atom is 0.342 e. The van der Waals surface area contributed by atoms with Crippen molar-refractivity contribution in [2.75, 3.05) is 7.11 Å². The van der Waals surface area contributed by atoms with Gasteiger partial charge in [-0.05, 0) is 13.0 Å². The van der Waals surface area contributed by atoms with Crippen molar-refractivity contribution in [3.05, 3.63) is 38.8 Å². The van der Waals surface area contributed by atoms with Gasteiger partial charge in [0.2, 0.25) is 0 Å². The molecule has 3 heterocycles. The molecule has 0 aromatic carbocycles. The Morgan fingerprint density at radius 2 is 2.14 bits per heavy atom. The number of fused-ring (bicyclic) bond motifs is 2. The second kappa shape index (κ2) is 4.44. The van der Waals surface area contributed by atoms with E-state index in [1.807, 2.05) is 0 Å². The number of cyclic esters (lactones) is 1. The largest absolute Gasteiger partial charge is 0.505 e. The van der Waals surface area contributed by atoms with Crippen LogP contribution in [-0.4, -0.2) is 33.8 Å². The number of rotatable bonds is 1. The number of ether oxygens (including phenoxy) is 2. The van der Waals surface area contributed by atoms with Gasteiger partial charge in [0.15, 0.2) is 11.4 Å². The summed E-state index contributed by atoms with van der Waals surface area (Å²) in [5.74, 6) is -2.03. The molecule has 0 bridgehead atoms.